The number of aryl methyl sites for hydroxylation is 1. The minimum atomic E-state index is 0.302. The molecule has 0 saturated carbocycles. The Morgan fingerprint density at radius 1 is 1.19 bits per heavy atom. The van der Waals surface area contributed by atoms with Gasteiger partial charge < -0.3 is 5.32 Å². The van der Waals surface area contributed by atoms with Crippen molar-refractivity contribution in [2.45, 2.75) is 32.7 Å². The van der Waals surface area contributed by atoms with Crippen LogP contribution in [-0.4, -0.2) is 6.54 Å². The molecule has 0 saturated heterocycles. The molecule has 0 amide bonds. The summed E-state index contributed by atoms with van der Waals surface area (Å²) in [6.45, 7) is 5.38. The van der Waals surface area contributed by atoms with Crippen molar-refractivity contribution in [2.24, 2.45) is 0 Å². The summed E-state index contributed by atoms with van der Waals surface area (Å²) in [6.07, 6.45) is 2.12. The third-order valence-electron chi connectivity index (χ3n) is 3.66. The van der Waals surface area contributed by atoms with E-state index >= 15 is 0 Å². The Morgan fingerprint density at radius 2 is 1.95 bits per heavy atom. The first-order chi connectivity index (χ1) is 10.1. The van der Waals surface area contributed by atoms with Crippen molar-refractivity contribution in [1.29, 1.82) is 0 Å². The molecule has 1 atom stereocenters. The van der Waals surface area contributed by atoms with Gasteiger partial charge >= 0.3 is 0 Å². The normalized spacial score (nSPS) is 12.4. The first kappa shape index (κ1) is 16.8. The minimum Gasteiger partial charge on any atom is -0.310 e. The lowest BCUT2D eigenvalue weighted by Crippen LogP contribution is -2.25. The van der Waals surface area contributed by atoms with Gasteiger partial charge in [0.25, 0.3) is 0 Å². The van der Waals surface area contributed by atoms with E-state index in [9.17, 15) is 0 Å². The van der Waals surface area contributed by atoms with Crippen molar-refractivity contribution in [3.05, 3.63) is 67.7 Å². The summed E-state index contributed by atoms with van der Waals surface area (Å²) in [6, 6.07) is 15.0. The monoisotopic (exact) mass is 413 g/mol. The van der Waals surface area contributed by atoms with Gasteiger partial charge in [0, 0.05) is 14.6 Å². The summed E-state index contributed by atoms with van der Waals surface area (Å²) in [5, 5.41) is 4.47. The molecule has 0 aromatic heterocycles. The Labute approximate surface area is 146 Å². The fourth-order valence-corrected chi connectivity index (χ4v) is 3.34. The number of rotatable bonds is 6. The molecule has 0 heterocycles. The number of hydrogen-bond acceptors (Lipinski definition) is 1. The minimum absolute atomic E-state index is 0.302. The first-order valence-electron chi connectivity index (χ1n) is 7.34. The van der Waals surface area contributed by atoms with E-state index in [0.29, 0.717) is 6.04 Å². The van der Waals surface area contributed by atoms with E-state index in [2.05, 4.69) is 78.2 Å². The molecule has 2 aromatic carbocycles. The smallest absolute Gasteiger partial charge is 0.0410 e. The Bertz CT molecular complexity index is 598. The van der Waals surface area contributed by atoms with Crippen molar-refractivity contribution in [3.63, 3.8) is 0 Å². The van der Waals surface area contributed by atoms with Crippen LogP contribution in [0.5, 0.6) is 0 Å². The Hall–Kier alpha value is -0.580. The topological polar surface area (TPSA) is 12.0 Å². The number of hydrogen-bond donors (Lipinski definition) is 1. The lowest BCUT2D eigenvalue weighted by molar-refractivity contribution is 0.526. The van der Waals surface area contributed by atoms with Gasteiger partial charge in [-0.3, -0.25) is 0 Å². The van der Waals surface area contributed by atoms with Crippen molar-refractivity contribution >= 4 is 34.2 Å². The highest BCUT2D eigenvalue weighted by Crippen LogP contribution is 2.27. The Balaban J connectivity index is 2.30. The summed E-state index contributed by atoms with van der Waals surface area (Å²) in [7, 11) is 0. The average molecular weight is 414 g/mol. The van der Waals surface area contributed by atoms with E-state index in [-0.39, 0.29) is 0 Å². The third kappa shape index (κ3) is 4.70. The van der Waals surface area contributed by atoms with Crippen LogP contribution >= 0.6 is 34.2 Å². The molecular weight excluding hydrogens is 393 g/mol. The molecule has 0 radical (unpaired) electrons. The standard InChI is InChI=1S/C18H21ClIN/c1-3-10-21-18(11-14-7-5-4-6-13(14)2)16-12-15(19)8-9-17(16)20/h4-9,12,18,21H,3,10-11H2,1-2H3. The van der Waals surface area contributed by atoms with Crippen LogP contribution in [0.15, 0.2) is 42.5 Å². The molecule has 1 unspecified atom stereocenters. The van der Waals surface area contributed by atoms with Gasteiger partial charge in [0.05, 0.1) is 0 Å². The lowest BCUT2D eigenvalue weighted by atomic mass is 9.96. The quantitative estimate of drug-likeness (QED) is 0.613. The fourth-order valence-electron chi connectivity index (χ4n) is 2.45. The molecule has 1 N–H and O–H groups in total. The molecule has 3 heteroatoms. The van der Waals surface area contributed by atoms with Gasteiger partial charge in [-0.25, -0.2) is 0 Å². The van der Waals surface area contributed by atoms with Crippen LogP contribution < -0.4 is 5.32 Å². The summed E-state index contributed by atoms with van der Waals surface area (Å²) in [5.41, 5.74) is 4.03. The molecule has 1 nitrogen and oxygen atoms in total. The lowest BCUT2D eigenvalue weighted by Gasteiger charge is -2.22. The van der Waals surface area contributed by atoms with Crippen LogP contribution in [0.2, 0.25) is 5.02 Å². The number of benzene rings is 2. The second-order valence-corrected chi connectivity index (χ2v) is 6.90. The second-order valence-electron chi connectivity index (χ2n) is 5.30. The highest BCUT2D eigenvalue weighted by molar-refractivity contribution is 14.1. The SMILES string of the molecule is CCCNC(Cc1ccccc1C)c1cc(Cl)ccc1I. The van der Waals surface area contributed by atoms with Crippen molar-refractivity contribution in [3.8, 4) is 0 Å². The second kappa shape index (κ2) is 8.16. The zero-order chi connectivity index (χ0) is 15.2. The third-order valence-corrected chi connectivity index (χ3v) is 4.88. The van der Waals surface area contributed by atoms with Crippen LogP contribution in [0.25, 0.3) is 0 Å². The van der Waals surface area contributed by atoms with Gasteiger partial charge in [0.15, 0.2) is 0 Å². The van der Waals surface area contributed by atoms with Crippen LogP contribution in [0.1, 0.15) is 36.1 Å². The van der Waals surface area contributed by atoms with Gasteiger partial charge in [0.1, 0.15) is 0 Å². The Kier molecular flexibility index (Phi) is 6.52. The fraction of sp³-hybridized carbons (Fsp3) is 0.333. The van der Waals surface area contributed by atoms with Gasteiger partial charge in [-0.15, -0.1) is 0 Å². The zero-order valence-electron chi connectivity index (χ0n) is 12.5. The van der Waals surface area contributed by atoms with Gasteiger partial charge in [-0.05, 0) is 83.8 Å². The van der Waals surface area contributed by atoms with Gasteiger partial charge in [-0.2, -0.15) is 0 Å². The van der Waals surface area contributed by atoms with E-state index in [1.165, 1.54) is 20.3 Å². The van der Waals surface area contributed by atoms with E-state index < -0.39 is 0 Å². The first-order valence-corrected chi connectivity index (χ1v) is 8.80. The summed E-state index contributed by atoms with van der Waals surface area (Å²) in [4.78, 5) is 0. The van der Waals surface area contributed by atoms with E-state index in [4.69, 9.17) is 11.6 Å². The van der Waals surface area contributed by atoms with E-state index in [0.717, 1.165) is 24.4 Å². The summed E-state index contributed by atoms with van der Waals surface area (Å²) in [5.74, 6) is 0. The molecule has 0 aliphatic carbocycles. The van der Waals surface area contributed by atoms with Crippen LogP contribution in [-0.2, 0) is 6.42 Å². The molecule has 0 spiro atoms. The Morgan fingerprint density at radius 3 is 2.67 bits per heavy atom. The van der Waals surface area contributed by atoms with E-state index in [1.54, 1.807) is 0 Å². The molecule has 0 bridgehead atoms. The maximum Gasteiger partial charge on any atom is 0.0410 e. The molecule has 0 aliphatic rings. The molecule has 2 aromatic rings. The number of nitrogens with one attached hydrogen (secondary N) is 1. The summed E-state index contributed by atoms with van der Waals surface area (Å²) < 4.78 is 1.26. The average Bonchev–Trinajstić information content (AvgIpc) is 2.48. The number of halogens is 2. The predicted octanol–water partition coefficient (Wildman–Crippen LogP) is 5.54. The largest absolute Gasteiger partial charge is 0.310 e. The van der Waals surface area contributed by atoms with Crippen molar-refractivity contribution < 1.29 is 0 Å². The van der Waals surface area contributed by atoms with Crippen LogP contribution in [0, 0.1) is 10.5 Å². The molecular formula is C18H21ClIN. The zero-order valence-corrected chi connectivity index (χ0v) is 15.4. The molecule has 21 heavy (non-hydrogen) atoms. The van der Waals surface area contributed by atoms with Crippen molar-refractivity contribution in [1.82, 2.24) is 5.32 Å². The maximum absolute atomic E-state index is 6.20. The predicted molar refractivity (Wildman–Crippen MR) is 100 cm³/mol. The van der Waals surface area contributed by atoms with Crippen molar-refractivity contribution in [2.75, 3.05) is 6.54 Å². The molecule has 0 aliphatic heterocycles. The molecule has 112 valence electrons. The summed E-state index contributed by atoms with van der Waals surface area (Å²) >= 11 is 8.59. The highest BCUT2D eigenvalue weighted by Gasteiger charge is 2.16. The van der Waals surface area contributed by atoms with Crippen LogP contribution in [0.4, 0.5) is 0 Å². The highest BCUT2D eigenvalue weighted by atomic mass is 127. The molecule has 2 rings (SSSR count). The molecule has 0 fully saturated rings. The van der Waals surface area contributed by atoms with E-state index in [1.807, 2.05) is 6.07 Å². The maximum atomic E-state index is 6.20. The van der Waals surface area contributed by atoms with Gasteiger partial charge in [-0.1, -0.05) is 42.8 Å². The van der Waals surface area contributed by atoms with Gasteiger partial charge in [0.2, 0.25) is 0 Å². The van der Waals surface area contributed by atoms with Crippen LogP contribution in [0.3, 0.4) is 0 Å².